The van der Waals surface area contributed by atoms with Gasteiger partial charge >= 0.3 is 0 Å². The molecule has 6 heteroatoms. The Balaban J connectivity index is 2.00. The van der Waals surface area contributed by atoms with Crippen molar-refractivity contribution < 1.29 is 0 Å². The summed E-state index contributed by atoms with van der Waals surface area (Å²) in [5.41, 5.74) is 3.96. The molecule has 0 spiro atoms. The molecule has 0 bridgehead atoms. The molecule has 108 valence electrons. The molecule has 3 heterocycles. The zero-order valence-electron chi connectivity index (χ0n) is 12.2. The van der Waals surface area contributed by atoms with Crippen LogP contribution < -0.4 is 11.3 Å². The average Bonchev–Trinajstić information content (AvgIpc) is 2.94. The lowest BCUT2D eigenvalue weighted by Gasteiger charge is -2.20. The summed E-state index contributed by atoms with van der Waals surface area (Å²) in [7, 11) is 0. The van der Waals surface area contributed by atoms with E-state index in [1.807, 2.05) is 0 Å². The number of nitrogens with two attached hydrogens (primary N) is 1. The van der Waals surface area contributed by atoms with Crippen LogP contribution in [0.1, 0.15) is 36.0 Å². The summed E-state index contributed by atoms with van der Waals surface area (Å²) in [4.78, 5) is 14.1. The second-order valence-corrected chi connectivity index (χ2v) is 6.76. The summed E-state index contributed by atoms with van der Waals surface area (Å²) in [6.07, 6.45) is 2.53. The molecule has 1 atom stereocenters. The number of anilines is 1. The van der Waals surface area contributed by atoms with E-state index in [0.29, 0.717) is 6.04 Å². The number of thiophene rings is 1. The smallest absolute Gasteiger partial charge is 0.152 e. The monoisotopic (exact) mass is 291 g/mol. The first-order valence-electron chi connectivity index (χ1n) is 7.07. The van der Waals surface area contributed by atoms with Crippen LogP contribution in [0, 0.1) is 13.8 Å². The Hall–Kier alpha value is -1.24. The van der Waals surface area contributed by atoms with Crippen LogP contribution in [0.4, 0.5) is 5.82 Å². The van der Waals surface area contributed by atoms with Gasteiger partial charge in [-0.25, -0.2) is 15.8 Å². The summed E-state index contributed by atoms with van der Waals surface area (Å²) in [5, 5.41) is 1.06. The summed E-state index contributed by atoms with van der Waals surface area (Å²) in [5.74, 6) is 7.26. The van der Waals surface area contributed by atoms with Crippen LogP contribution in [-0.4, -0.2) is 27.5 Å². The minimum absolute atomic E-state index is 0.621. The number of hydrogen-bond donors (Lipinski definition) is 2. The van der Waals surface area contributed by atoms with Crippen LogP contribution in [0.5, 0.6) is 0 Å². The number of hydrogen-bond acceptors (Lipinski definition) is 6. The zero-order valence-corrected chi connectivity index (χ0v) is 13.0. The topological polar surface area (TPSA) is 67.1 Å². The first-order valence-corrected chi connectivity index (χ1v) is 7.89. The number of nitrogens with one attached hydrogen (secondary N) is 1. The van der Waals surface area contributed by atoms with Crippen LogP contribution in [0.3, 0.4) is 0 Å². The van der Waals surface area contributed by atoms with Crippen molar-refractivity contribution in [3.63, 3.8) is 0 Å². The molecule has 0 radical (unpaired) electrons. The second kappa shape index (κ2) is 5.27. The van der Waals surface area contributed by atoms with Crippen molar-refractivity contribution in [3.8, 4) is 0 Å². The molecule has 3 rings (SSSR count). The molecule has 3 N–H and O–H groups in total. The fourth-order valence-electron chi connectivity index (χ4n) is 2.88. The number of likely N-dealkylation sites (tertiary alicyclic amines) is 1. The van der Waals surface area contributed by atoms with Crippen molar-refractivity contribution in [3.05, 3.63) is 16.3 Å². The predicted molar refractivity (Wildman–Crippen MR) is 83.8 cm³/mol. The standard InChI is InChI=1S/C14H21N5S/c1-8-5-4-6-19(8)7-11-16-13(18-15)12-9(2)10(3)20-14(12)17-11/h8H,4-7,15H2,1-3H3,(H,16,17,18). The summed E-state index contributed by atoms with van der Waals surface area (Å²) >= 11 is 1.72. The molecule has 1 unspecified atom stereocenters. The van der Waals surface area contributed by atoms with Crippen LogP contribution in [-0.2, 0) is 6.54 Å². The van der Waals surface area contributed by atoms with E-state index < -0.39 is 0 Å². The molecule has 0 aromatic carbocycles. The summed E-state index contributed by atoms with van der Waals surface area (Å²) in [6.45, 7) is 8.43. The van der Waals surface area contributed by atoms with Gasteiger partial charge in [-0.15, -0.1) is 11.3 Å². The third kappa shape index (κ3) is 2.28. The Morgan fingerprint density at radius 3 is 2.85 bits per heavy atom. The molecule has 0 amide bonds. The van der Waals surface area contributed by atoms with E-state index in [1.165, 1.54) is 23.3 Å². The van der Waals surface area contributed by atoms with Gasteiger partial charge in [-0.2, -0.15) is 0 Å². The summed E-state index contributed by atoms with van der Waals surface area (Å²) in [6, 6.07) is 0.621. The number of rotatable bonds is 3. The highest BCUT2D eigenvalue weighted by Gasteiger charge is 2.22. The fraction of sp³-hybridized carbons (Fsp3) is 0.571. The quantitative estimate of drug-likeness (QED) is 0.672. The van der Waals surface area contributed by atoms with Crippen molar-refractivity contribution in [1.82, 2.24) is 14.9 Å². The Morgan fingerprint density at radius 2 is 2.20 bits per heavy atom. The molecule has 1 aliphatic rings. The highest BCUT2D eigenvalue weighted by Crippen LogP contribution is 2.33. The molecule has 5 nitrogen and oxygen atoms in total. The van der Waals surface area contributed by atoms with Gasteiger partial charge in [-0.3, -0.25) is 4.90 Å². The number of hydrazine groups is 1. The molecule has 1 aliphatic heterocycles. The van der Waals surface area contributed by atoms with Crippen LogP contribution >= 0.6 is 11.3 Å². The molecule has 20 heavy (non-hydrogen) atoms. The Bertz CT molecular complexity index is 636. The van der Waals surface area contributed by atoms with Crippen molar-refractivity contribution in [1.29, 1.82) is 0 Å². The second-order valence-electron chi connectivity index (χ2n) is 5.56. The largest absolute Gasteiger partial charge is 0.308 e. The number of aryl methyl sites for hydroxylation is 2. The molecule has 2 aromatic rings. The predicted octanol–water partition coefficient (Wildman–Crippen LogP) is 2.58. The molecule has 1 saturated heterocycles. The first kappa shape index (κ1) is 13.7. The lowest BCUT2D eigenvalue weighted by molar-refractivity contribution is 0.254. The molecule has 0 aliphatic carbocycles. The van der Waals surface area contributed by atoms with Crippen molar-refractivity contribution in [2.75, 3.05) is 12.0 Å². The van der Waals surface area contributed by atoms with Gasteiger partial charge in [0, 0.05) is 10.9 Å². The van der Waals surface area contributed by atoms with Crippen LogP contribution in [0.15, 0.2) is 0 Å². The van der Waals surface area contributed by atoms with E-state index in [-0.39, 0.29) is 0 Å². The van der Waals surface area contributed by atoms with Gasteiger partial charge in [0.1, 0.15) is 10.7 Å². The van der Waals surface area contributed by atoms with E-state index >= 15 is 0 Å². The number of nitrogens with zero attached hydrogens (tertiary/aromatic N) is 3. The lowest BCUT2D eigenvalue weighted by Crippen LogP contribution is -2.27. The zero-order chi connectivity index (χ0) is 14.3. The Kier molecular flexibility index (Phi) is 3.62. The maximum atomic E-state index is 5.65. The Labute approximate surface area is 123 Å². The third-order valence-electron chi connectivity index (χ3n) is 4.25. The fourth-order valence-corrected chi connectivity index (χ4v) is 3.93. The van der Waals surface area contributed by atoms with Gasteiger partial charge < -0.3 is 5.43 Å². The van der Waals surface area contributed by atoms with E-state index in [1.54, 1.807) is 11.3 Å². The summed E-state index contributed by atoms with van der Waals surface area (Å²) < 4.78 is 0. The van der Waals surface area contributed by atoms with Gasteiger partial charge in [-0.05, 0) is 45.7 Å². The highest BCUT2D eigenvalue weighted by molar-refractivity contribution is 7.18. The van der Waals surface area contributed by atoms with Crippen molar-refractivity contribution in [2.45, 2.75) is 46.2 Å². The van der Waals surface area contributed by atoms with E-state index in [9.17, 15) is 0 Å². The number of aromatic nitrogens is 2. The van der Waals surface area contributed by atoms with Crippen molar-refractivity contribution in [2.24, 2.45) is 5.84 Å². The number of nitrogen functional groups attached to an aromatic ring is 1. The normalized spacial score (nSPS) is 19.9. The van der Waals surface area contributed by atoms with Gasteiger partial charge in [0.2, 0.25) is 0 Å². The maximum Gasteiger partial charge on any atom is 0.152 e. The maximum absolute atomic E-state index is 5.65. The number of fused-ring (bicyclic) bond motifs is 1. The minimum Gasteiger partial charge on any atom is -0.308 e. The minimum atomic E-state index is 0.621. The van der Waals surface area contributed by atoms with Gasteiger partial charge in [0.05, 0.1) is 11.9 Å². The average molecular weight is 291 g/mol. The van der Waals surface area contributed by atoms with Gasteiger partial charge in [0.25, 0.3) is 0 Å². The van der Waals surface area contributed by atoms with Crippen molar-refractivity contribution >= 4 is 27.4 Å². The van der Waals surface area contributed by atoms with Gasteiger partial charge in [-0.1, -0.05) is 0 Å². The molecular formula is C14H21N5S. The first-order chi connectivity index (χ1) is 9.60. The Morgan fingerprint density at radius 1 is 1.40 bits per heavy atom. The third-order valence-corrected chi connectivity index (χ3v) is 5.35. The molecule has 0 saturated carbocycles. The van der Waals surface area contributed by atoms with Gasteiger partial charge in [0.15, 0.2) is 5.82 Å². The molecular weight excluding hydrogens is 270 g/mol. The molecule has 2 aromatic heterocycles. The highest BCUT2D eigenvalue weighted by atomic mass is 32.1. The van der Waals surface area contributed by atoms with Crippen LogP contribution in [0.2, 0.25) is 0 Å². The lowest BCUT2D eigenvalue weighted by atomic mass is 10.2. The SMILES string of the molecule is Cc1sc2nc(CN3CCCC3C)nc(NN)c2c1C. The van der Waals surface area contributed by atoms with E-state index in [2.05, 4.69) is 36.1 Å². The van der Waals surface area contributed by atoms with E-state index in [0.717, 1.165) is 34.9 Å². The van der Waals surface area contributed by atoms with E-state index in [4.69, 9.17) is 10.8 Å². The van der Waals surface area contributed by atoms with Crippen LogP contribution in [0.25, 0.3) is 10.2 Å². The molecule has 1 fully saturated rings.